The Morgan fingerprint density at radius 1 is 1.37 bits per heavy atom. The molecule has 0 spiro atoms. The lowest BCUT2D eigenvalue weighted by atomic mass is 10.0. The van der Waals surface area contributed by atoms with Gasteiger partial charge in [0.2, 0.25) is 12.7 Å². The Morgan fingerprint density at radius 2 is 2.11 bits per heavy atom. The molecule has 0 saturated heterocycles. The largest absolute Gasteiger partial charge is 0.454 e. The molecule has 1 aliphatic rings. The molecule has 1 aromatic carbocycles. The van der Waals surface area contributed by atoms with Gasteiger partial charge < -0.3 is 20.5 Å². The molecule has 5 heteroatoms. The van der Waals surface area contributed by atoms with E-state index in [0.717, 1.165) is 17.1 Å². The van der Waals surface area contributed by atoms with Crippen LogP contribution in [0.5, 0.6) is 11.5 Å². The minimum Gasteiger partial charge on any atom is -0.454 e. The first-order valence-electron chi connectivity index (χ1n) is 6.48. The summed E-state index contributed by atoms with van der Waals surface area (Å²) in [5, 5.41) is 2.83. The van der Waals surface area contributed by atoms with Crippen LogP contribution in [0.15, 0.2) is 18.2 Å². The summed E-state index contributed by atoms with van der Waals surface area (Å²) >= 11 is 0. The number of hydrogen-bond acceptors (Lipinski definition) is 4. The van der Waals surface area contributed by atoms with Crippen LogP contribution in [0.4, 0.5) is 0 Å². The fourth-order valence-corrected chi connectivity index (χ4v) is 1.99. The molecule has 3 N–H and O–H groups in total. The van der Waals surface area contributed by atoms with Crippen LogP contribution in [0.25, 0.3) is 0 Å². The van der Waals surface area contributed by atoms with E-state index in [0.29, 0.717) is 18.9 Å². The first-order chi connectivity index (χ1) is 9.06. The van der Waals surface area contributed by atoms with Gasteiger partial charge in [-0.15, -0.1) is 0 Å². The fourth-order valence-electron chi connectivity index (χ4n) is 1.99. The van der Waals surface area contributed by atoms with E-state index in [2.05, 4.69) is 5.32 Å². The van der Waals surface area contributed by atoms with E-state index in [1.165, 1.54) is 0 Å². The number of benzene rings is 1. The van der Waals surface area contributed by atoms with Crippen molar-refractivity contribution in [3.05, 3.63) is 23.8 Å². The summed E-state index contributed by atoms with van der Waals surface area (Å²) in [6.07, 6.45) is 0.687. The fraction of sp³-hybridized carbons (Fsp3) is 0.500. The molecule has 0 saturated carbocycles. The van der Waals surface area contributed by atoms with Crippen molar-refractivity contribution >= 4 is 5.91 Å². The highest BCUT2D eigenvalue weighted by atomic mass is 16.7. The van der Waals surface area contributed by atoms with Gasteiger partial charge in [-0.1, -0.05) is 19.9 Å². The third-order valence-corrected chi connectivity index (χ3v) is 2.97. The van der Waals surface area contributed by atoms with Crippen LogP contribution in [0.1, 0.15) is 25.8 Å². The highest BCUT2D eigenvalue weighted by Gasteiger charge is 2.16. The van der Waals surface area contributed by atoms with E-state index in [9.17, 15) is 4.79 Å². The summed E-state index contributed by atoms with van der Waals surface area (Å²) < 4.78 is 10.5. The van der Waals surface area contributed by atoms with Gasteiger partial charge in [0, 0.05) is 6.54 Å². The normalized spacial score (nSPS) is 14.5. The third-order valence-electron chi connectivity index (χ3n) is 2.97. The second-order valence-corrected chi connectivity index (χ2v) is 5.14. The van der Waals surface area contributed by atoms with Crippen LogP contribution in [-0.2, 0) is 11.3 Å². The van der Waals surface area contributed by atoms with Crippen LogP contribution < -0.4 is 20.5 Å². The molecule has 1 unspecified atom stereocenters. The van der Waals surface area contributed by atoms with Gasteiger partial charge in [0.1, 0.15) is 0 Å². The summed E-state index contributed by atoms with van der Waals surface area (Å²) in [5.74, 6) is 1.75. The molecule has 0 aromatic heterocycles. The predicted octanol–water partition coefficient (Wildman–Crippen LogP) is 1.40. The lowest BCUT2D eigenvalue weighted by molar-refractivity contribution is -0.122. The topological polar surface area (TPSA) is 73.6 Å². The van der Waals surface area contributed by atoms with Crippen molar-refractivity contribution in [2.24, 2.45) is 11.7 Å². The minimum atomic E-state index is -0.450. The van der Waals surface area contributed by atoms with Crippen molar-refractivity contribution in [3.63, 3.8) is 0 Å². The van der Waals surface area contributed by atoms with Crippen molar-refractivity contribution < 1.29 is 14.3 Å². The lowest BCUT2D eigenvalue weighted by Crippen LogP contribution is -2.40. The Labute approximate surface area is 113 Å². The number of hydrogen-bond donors (Lipinski definition) is 2. The minimum absolute atomic E-state index is 0.119. The first kappa shape index (κ1) is 13.7. The van der Waals surface area contributed by atoms with Crippen LogP contribution in [0.3, 0.4) is 0 Å². The highest BCUT2D eigenvalue weighted by molar-refractivity contribution is 5.81. The molecule has 0 radical (unpaired) electrons. The van der Waals surface area contributed by atoms with Crippen molar-refractivity contribution in [2.45, 2.75) is 32.9 Å². The maximum atomic E-state index is 11.8. The maximum Gasteiger partial charge on any atom is 0.237 e. The molecule has 1 amide bonds. The van der Waals surface area contributed by atoms with E-state index in [-0.39, 0.29) is 12.7 Å². The van der Waals surface area contributed by atoms with Gasteiger partial charge in [-0.25, -0.2) is 0 Å². The lowest BCUT2D eigenvalue weighted by Gasteiger charge is -2.14. The first-order valence-corrected chi connectivity index (χ1v) is 6.48. The summed E-state index contributed by atoms with van der Waals surface area (Å²) in [4.78, 5) is 11.8. The Kier molecular flexibility index (Phi) is 4.27. The Bertz CT molecular complexity index is 460. The summed E-state index contributed by atoms with van der Waals surface area (Å²) in [6.45, 7) is 4.79. The summed E-state index contributed by atoms with van der Waals surface area (Å²) in [6, 6.07) is 5.17. The number of carbonyl (C=O) groups is 1. The number of rotatable bonds is 5. The number of nitrogens with two attached hydrogens (primary N) is 1. The molecule has 104 valence electrons. The molecule has 0 aliphatic carbocycles. The van der Waals surface area contributed by atoms with Crippen molar-refractivity contribution in [2.75, 3.05) is 6.79 Å². The zero-order valence-corrected chi connectivity index (χ0v) is 11.3. The molecule has 1 atom stereocenters. The SMILES string of the molecule is CC(C)CC(N)C(=O)NCc1ccc2c(c1)OCO2. The van der Waals surface area contributed by atoms with Crippen LogP contribution in [-0.4, -0.2) is 18.7 Å². The molecular weight excluding hydrogens is 244 g/mol. The number of carbonyl (C=O) groups excluding carboxylic acids is 1. The van der Waals surface area contributed by atoms with Crippen molar-refractivity contribution in [1.29, 1.82) is 0 Å². The van der Waals surface area contributed by atoms with E-state index < -0.39 is 6.04 Å². The second kappa shape index (κ2) is 5.93. The van der Waals surface area contributed by atoms with Crippen LogP contribution in [0.2, 0.25) is 0 Å². The van der Waals surface area contributed by atoms with Gasteiger partial charge in [-0.2, -0.15) is 0 Å². The molecule has 2 rings (SSSR count). The number of ether oxygens (including phenoxy) is 2. The Hall–Kier alpha value is -1.75. The maximum absolute atomic E-state index is 11.8. The average Bonchev–Trinajstić information content (AvgIpc) is 2.82. The number of nitrogens with one attached hydrogen (secondary N) is 1. The zero-order chi connectivity index (χ0) is 13.8. The highest BCUT2D eigenvalue weighted by Crippen LogP contribution is 2.32. The zero-order valence-electron chi connectivity index (χ0n) is 11.3. The quantitative estimate of drug-likeness (QED) is 0.843. The summed E-state index contributed by atoms with van der Waals surface area (Å²) in [7, 11) is 0. The van der Waals surface area contributed by atoms with Crippen molar-refractivity contribution in [1.82, 2.24) is 5.32 Å². The van der Waals surface area contributed by atoms with Crippen LogP contribution >= 0.6 is 0 Å². The molecule has 1 heterocycles. The standard InChI is InChI=1S/C14H20N2O3/c1-9(2)5-11(15)14(17)16-7-10-3-4-12-13(6-10)19-8-18-12/h3-4,6,9,11H,5,7-8,15H2,1-2H3,(H,16,17). The molecule has 5 nitrogen and oxygen atoms in total. The molecule has 1 aliphatic heterocycles. The second-order valence-electron chi connectivity index (χ2n) is 5.14. The molecule has 0 fully saturated rings. The van der Waals surface area contributed by atoms with Gasteiger partial charge >= 0.3 is 0 Å². The molecule has 19 heavy (non-hydrogen) atoms. The molecule has 1 aromatic rings. The van der Waals surface area contributed by atoms with Crippen molar-refractivity contribution in [3.8, 4) is 11.5 Å². The number of amides is 1. The summed E-state index contributed by atoms with van der Waals surface area (Å²) in [5.41, 5.74) is 6.78. The average molecular weight is 264 g/mol. The Balaban J connectivity index is 1.87. The van der Waals surface area contributed by atoms with E-state index in [1.54, 1.807) is 0 Å². The smallest absolute Gasteiger partial charge is 0.237 e. The van der Waals surface area contributed by atoms with Gasteiger partial charge in [0.25, 0.3) is 0 Å². The van der Waals surface area contributed by atoms with Gasteiger partial charge in [-0.3, -0.25) is 4.79 Å². The molecular formula is C14H20N2O3. The predicted molar refractivity (Wildman–Crippen MR) is 71.8 cm³/mol. The number of fused-ring (bicyclic) bond motifs is 1. The van der Waals surface area contributed by atoms with Crippen LogP contribution in [0, 0.1) is 5.92 Å². The van der Waals surface area contributed by atoms with E-state index >= 15 is 0 Å². The Morgan fingerprint density at radius 3 is 2.84 bits per heavy atom. The van der Waals surface area contributed by atoms with E-state index in [1.807, 2.05) is 32.0 Å². The van der Waals surface area contributed by atoms with Gasteiger partial charge in [0.15, 0.2) is 11.5 Å². The third kappa shape index (κ3) is 3.61. The van der Waals surface area contributed by atoms with Gasteiger partial charge in [-0.05, 0) is 30.0 Å². The van der Waals surface area contributed by atoms with Gasteiger partial charge in [0.05, 0.1) is 6.04 Å². The molecule has 0 bridgehead atoms. The monoisotopic (exact) mass is 264 g/mol. The van der Waals surface area contributed by atoms with E-state index in [4.69, 9.17) is 15.2 Å².